The summed E-state index contributed by atoms with van der Waals surface area (Å²) in [5, 5.41) is 10.9. The number of benzene rings is 1. The lowest BCUT2D eigenvalue weighted by atomic mass is 10.2. The number of nitrogens with zero attached hydrogens (tertiary/aromatic N) is 1. The van der Waals surface area contributed by atoms with Gasteiger partial charge in [0.05, 0.1) is 29.4 Å². The molecule has 0 unspecified atom stereocenters. The van der Waals surface area contributed by atoms with E-state index in [9.17, 15) is 22.8 Å². The molecule has 0 radical (unpaired) electrons. The van der Waals surface area contributed by atoms with Gasteiger partial charge in [0.1, 0.15) is 5.70 Å². The zero-order valence-corrected chi connectivity index (χ0v) is 14.2. The van der Waals surface area contributed by atoms with Crippen molar-refractivity contribution in [3.8, 4) is 0 Å². The first-order valence-electron chi connectivity index (χ1n) is 6.16. The summed E-state index contributed by atoms with van der Waals surface area (Å²) >= 11 is 7.36. The van der Waals surface area contributed by atoms with Crippen LogP contribution in [0.15, 0.2) is 23.9 Å². The number of rotatable bonds is 4. The Hall–Kier alpha value is -1.33. The van der Waals surface area contributed by atoms with Crippen LogP contribution in [0.2, 0.25) is 5.02 Å². The van der Waals surface area contributed by atoms with Crippen LogP contribution in [0, 0.1) is 3.57 Å². The van der Waals surface area contributed by atoms with Crippen LogP contribution >= 0.6 is 34.2 Å². The van der Waals surface area contributed by atoms with Gasteiger partial charge in [-0.05, 0) is 34.7 Å². The van der Waals surface area contributed by atoms with E-state index in [0.717, 1.165) is 23.1 Å². The van der Waals surface area contributed by atoms with Crippen LogP contribution in [0.4, 0.5) is 18.9 Å². The number of hydrogen-bond donors (Lipinski definition) is 2. The topological polar surface area (TPSA) is 69.6 Å². The van der Waals surface area contributed by atoms with Gasteiger partial charge in [-0.3, -0.25) is 14.5 Å². The summed E-state index contributed by atoms with van der Waals surface area (Å²) < 4.78 is 39.0. The van der Waals surface area contributed by atoms with Gasteiger partial charge >= 0.3 is 6.18 Å². The van der Waals surface area contributed by atoms with Crippen molar-refractivity contribution < 1.29 is 27.9 Å². The normalized spacial score (nSPS) is 15.2. The molecule has 0 atom stereocenters. The van der Waals surface area contributed by atoms with Crippen LogP contribution in [0.5, 0.6) is 0 Å². The molecule has 0 fully saturated rings. The lowest BCUT2D eigenvalue weighted by molar-refractivity contribution is -0.138. The van der Waals surface area contributed by atoms with E-state index in [1.165, 1.54) is 0 Å². The number of alkyl halides is 3. The van der Waals surface area contributed by atoms with Crippen LogP contribution in [-0.4, -0.2) is 35.0 Å². The van der Waals surface area contributed by atoms with Crippen LogP contribution < -0.4 is 5.32 Å². The predicted octanol–water partition coefficient (Wildman–Crippen LogP) is 2.62. The fourth-order valence-corrected chi connectivity index (χ4v) is 2.97. The number of aliphatic hydroxyl groups is 1. The molecule has 0 aromatic heterocycles. The number of hydrogen-bond acceptors (Lipinski definition) is 4. The van der Waals surface area contributed by atoms with Gasteiger partial charge in [0.25, 0.3) is 11.8 Å². The molecule has 5 nitrogen and oxygen atoms in total. The maximum absolute atomic E-state index is 12.9. The Bertz CT molecular complexity index is 706. The smallest absolute Gasteiger partial charge is 0.395 e. The van der Waals surface area contributed by atoms with Crippen molar-refractivity contribution in [1.29, 1.82) is 0 Å². The van der Waals surface area contributed by atoms with Crippen molar-refractivity contribution in [2.75, 3.05) is 18.5 Å². The number of amides is 2. The Balaban J connectivity index is 2.33. The van der Waals surface area contributed by atoms with E-state index in [1.807, 2.05) is 0 Å². The third-order valence-corrected chi connectivity index (χ3v) is 4.17. The largest absolute Gasteiger partial charge is 0.417 e. The second-order valence-corrected chi connectivity index (χ2v) is 6.08. The molecule has 0 aliphatic carbocycles. The Morgan fingerprint density at radius 3 is 2.52 bits per heavy atom. The van der Waals surface area contributed by atoms with E-state index >= 15 is 0 Å². The average molecular weight is 461 g/mol. The first-order chi connectivity index (χ1) is 10.6. The third kappa shape index (κ3) is 3.78. The fourth-order valence-electron chi connectivity index (χ4n) is 1.92. The molecule has 23 heavy (non-hydrogen) atoms. The SMILES string of the molecule is O=C1C=C(Nc2cc(C(F)(F)F)c(Cl)cc2I)C(=O)N1CCO. The van der Waals surface area contributed by atoms with E-state index in [-0.39, 0.29) is 17.9 Å². The Kier molecular flexibility index (Phi) is 5.21. The lowest BCUT2D eigenvalue weighted by Crippen LogP contribution is -2.34. The molecular formula is C13H9ClF3IN2O3. The van der Waals surface area contributed by atoms with E-state index in [0.29, 0.717) is 3.57 Å². The van der Waals surface area contributed by atoms with Gasteiger partial charge in [-0.2, -0.15) is 13.2 Å². The molecule has 2 N–H and O–H groups in total. The van der Waals surface area contributed by atoms with Gasteiger partial charge < -0.3 is 10.4 Å². The molecule has 1 aromatic carbocycles. The second kappa shape index (κ2) is 6.65. The number of imide groups is 1. The van der Waals surface area contributed by atoms with E-state index < -0.39 is 35.2 Å². The van der Waals surface area contributed by atoms with E-state index in [2.05, 4.69) is 5.32 Å². The standard InChI is InChI=1S/C13H9ClF3IN2O3/c14-7-4-8(18)9(3-6(7)13(15,16)17)19-10-5-11(22)20(1-2-21)12(10)23/h3-5,19,21H,1-2H2. The molecule has 0 bridgehead atoms. The number of halogens is 5. The monoisotopic (exact) mass is 460 g/mol. The number of carbonyl (C=O) groups excluding carboxylic acids is 2. The number of anilines is 1. The Labute approximate surface area is 147 Å². The molecule has 1 aliphatic rings. The second-order valence-electron chi connectivity index (χ2n) is 4.51. The molecule has 124 valence electrons. The van der Waals surface area contributed by atoms with Crippen LogP contribution in [0.25, 0.3) is 0 Å². The minimum Gasteiger partial charge on any atom is -0.395 e. The van der Waals surface area contributed by atoms with Gasteiger partial charge in [-0.25, -0.2) is 0 Å². The van der Waals surface area contributed by atoms with Crippen molar-refractivity contribution in [1.82, 2.24) is 4.90 Å². The first kappa shape index (κ1) is 18.0. The zero-order chi connectivity index (χ0) is 17.4. The summed E-state index contributed by atoms with van der Waals surface area (Å²) in [7, 11) is 0. The molecule has 1 aromatic rings. The first-order valence-corrected chi connectivity index (χ1v) is 7.62. The van der Waals surface area contributed by atoms with Crippen molar-refractivity contribution in [2.24, 2.45) is 0 Å². The summed E-state index contributed by atoms with van der Waals surface area (Å²) in [5.74, 6) is -1.37. The van der Waals surface area contributed by atoms with Gasteiger partial charge in [-0.1, -0.05) is 11.6 Å². The van der Waals surface area contributed by atoms with Crippen LogP contribution in [0.1, 0.15) is 5.56 Å². The van der Waals surface area contributed by atoms with Crippen molar-refractivity contribution >= 4 is 51.7 Å². The van der Waals surface area contributed by atoms with Gasteiger partial charge in [0.2, 0.25) is 0 Å². The van der Waals surface area contributed by atoms with Crippen molar-refractivity contribution in [3.05, 3.63) is 38.1 Å². The molecule has 10 heteroatoms. The maximum Gasteiger partial charge on any atom is 0.417 e. The van der Waals surface area contributed by atoms with Crippen molar-refractivity contribution in [3.63, 3.8) is 0 Å². The summed E-state index contributed by atoms with van der Waals surface area (Å²) in [5.41, 5.74) is -1.22. The number of β-amino-alcohol motifs (C(OH)–C–C–N with tert-alkyl or cyclic N) is 1. The maximum atomic E-state index is 12.9. The molecule has 2 rings (SSSR count). The minimum absolute atomic E-state index is 0.000531. The zero-order valence-electron chi connectivity index (χ0n) is 11.2. The number of aliphatic hydroxyl groups excluding tert-OH is 1. The molecule has 2 amide bonds. The van der Waals surface area contributed by atoms with Gasteiger partial charge in [0.15, 0.2) is 0 Å². The molecule has 0 saturated heterocycles. The summed E-state index contributed by atoms with van der Waals surface area (Å²) in [6.45, 7) is -0.597. The van der Waals surface area contributed by atoms with E-state index in [1.54, 1.807) is 22.6 Å². The summed E-state index contributed by atoms with van der Waals surface area (Å²) in [4.78, 5) is 24.4. The van der Waals surface area contributed by atoms with E-state index in [4.69, 9.17) is 16.7 Å². The number of carbonyl (C=O) groups is 2. The lowest BCUT2D eigenvalue weighted by Gasteiger charge is -2.16. The molecule has 0 saturated carbocycles. The quantitative estimate of drug-likeness (QED) is 0.536. The highest BCUT2D eigenvalue weighted by atomic mass is 127. The predicted molar refractivity (Wildman–Crippen MR) is 84.7 cm³/mol. The third-order valence-electron chi connectivity index (χ3n) is 2.96. The summed E-state index contributed by atoms with van der Waals surface area (Å²) in [6.07, 6.45) is -3.68. The average Bonchev–Trinajstić information content (AvgIpc) is 2.68. The highest BCUT2D eigenvalue weighted by molar-refractivity contribution is 14.1. The highest BCUT2D eigenvalue weighted by Crippen LogP contribution is 2.38. The molecule has 1 heterocycles. The fraction of sp³-hybridized carbons (Fsp3) is 0.231. The molecule has 1 aliphatic heterocycles. The van der Waals surface area contributed by atoms with Gasteiger partial charge in [-0.15, -0.1) is 0 Å². The highest BCUT2D eigenvalue weighted by Gasteiger charge is 2.35. The summed E-state index contributed by atoms with van der Waals surface area (Å²) in [6, 6.07) is 1.89. The minimum atomic E-state index is -4.65. The van der Waals surface area contributed by atoms with Gasteiger partial charge in [0, 0.05) is 9.65 Å². The Morgan fingerprint density at radius 1 is 1.30 bits per heavy atom. The number of nitrogens with one attached hydrogen (secondary N) is 1. The Morgan fingerprint density at radius 2 is 1.96 bits per heavy atom. The van der Waals surface area contributed by atoms with Crippen LogP contribution in [0.3, 0.4) is 0 Å². The van der Waals surface area contributed by atoms with Crippen molar-refractivity contribution in [2.45, 2.75) is 6.18 Å². The molecular weight excluding hydrogens is 452 g/mol. The van der Waals surface area contributed by atoms with Crippen LogP contribution in [-0.2, 0) is 15.8 Å². The molecule has 0 spiro atoms.